The summed E-state index contributed by atoms with van der Waals surface area (Å²) in [6.07, 6.45) is 0. The minimum absolute atomic E-state index is 0.625. The summed E-state index contributed by atoms with van der Waals surface area (Å²) in [6, 6.07) is 23.9. The molecular weight excluding hydrogens is 334 g/mol. The molecule has 3 aromatic rings. The number of halogens is 2. The zero-order valence-corrected chi connectivity index (χ0v) is 14.0. The molecule has 3 aromatic carbocycles. The largest absolute Gasteiger partial charge is 0.309 e. The lowest BCUT2D eigenvalue weighted by Crippen LogP contribution is -2.24. The first kappa shape index (κ1) is 15.4. The van der Waals surface area contributed by atoms with Crippen LogP contribution in [0.2, 0.25) is 10.0 Å². The maximum absolute atomic E-state index is 14.0. The van der Waals surface area contributed by atoms with Crippen LogP contribution in [0.1, 0.15) is 0 Å². The molecule has 0 radical (unpaired) electrons. The van der Waals surface area contributed by atoms with Crippen molar-refractivity contribution in [2.45, 2.75) is 0 Å². The molecule has 0 fully saturated rings. The van der Waals surface area contributed by atoms with E-state index in [1.165, 1.54) is 0 Å². The van der Waals surface area contributed by atoms with Crippen molar-refractivity contribution in [3.05, 3.63) is 88.9 Å². The predicted molar refractivity (Wildman–Crippen MR) is 95.9 cm³/mol. The summed E-state index contributed by atoms with van der Waals surface area (Å²) in [5, 5.41) is 3.55. The molecular formula is C18H13Cl2OP. The van der Waals surface area contributed by atoms with E-state index in [2.05, 4.69) is 0 Å². The van der Waals surface area contributed by atoms with E-state index in [-0.39, 0.29) is 0 Å². The zero-order chi connectivity index (χ0) is 15.6. The monoisotopic (exact) mass is 346 g/mol. The standard InChI is InChI=1S/C18H13Cl2OP/c19-14-6-10-17(11-7-14)22(21,16-4-2-1-3-5-16)18-12-8-15(20)9-13-18/h1-13H. The number of benzene rings is 3. The van der Waals surface area contributed by atoms with Gasteiger partial charge in [-0.05, 0) is 48.5 Å². The highest BCUT2D eigenvalue weighted by Crippen LogP contribution is 2.42. The molecule has 22 heavy (non-hydrogen) atoms. The van der Waals surface area contributed by atoms with Crippen molar-refractivity contribution in [2.24, 2.45) is 0 Å². The molecule has 0 amide bonds. The molecule has 0 saturated carbocycles. The summed E-state index contributed by atoms with van der Waals surface area (Å²) < 4.78 is 14.0. The molecule has 0 N–H and O–H groups in total. The van der Waals surface area contributed by atoms with Gasteiger partial charge in [-0.1, -0.05) is 53.5 Å². The summed E-state index contributed by atoms with van der Waals surface area (Å²) in [5.41, 5.74) is 0. The van der Waals surface area contributed by atoms with E-state index >= 15 is 0 Å². The number of hydrogen-bond donors (Lipinski definition) is 0. The topological polar surface area (TPSA) is 17.1 Å². The van der Waals surface area contributed by atoms with Crippen molar-refractivity contribution in [1.82, 2.24) is 0 Å². The van der Waals surface area contributed by atoms with Crippen LogP contribution in [0, 0.1) is 0 Å². The molecule has 0 atom stereocenters. The van der Waals surface area contributed by atoms with E-state index in [0.29, 0.717) is 10.0 Å². The lowest BCUT2D eigenvalue weighted by atomic mass is 10.3. The molecule has 0 aromatic heterocycles. The van der Waals surface area contributed by atoms with Gasteiger partial charge >= 0.3 is 0 Å². The van der Waals surface area contributed by atoms with Gasteiger partial charge in [-0.25, -0.2) is 0 Å². The van der Waals surface area contributed by atoms with Crippen LogP contribution < -0.4 is 15.9 Å². The fourth-order valence-corrected chi connectivity index (χ4v) is 5.26. The molecule has 0 bridgehead atoms. The maximum Gasteiger partial charge on any atom is 0.171 e. The van der Waals surface area contributed by atoms with Gasteiger partial charge in [0, 0.05) is 26.0 Å². The second kappa shape index (κ2) is 6.30. The highest BCUT2D eigenvalue weighted by molar-refractivity contribution is 7.85. The van der Waals surface area contributed by atoms with Crippen molar-refractivity contribution in [3.8, 4) is 0 Å². The van der Waals surface area contributed by atoms with Gasteiger partial charge in [0.2, 0.25) is 0 Å². The van der Waals surface area contributed by atoms with Crippen LogP contribution in [-0.2, 0) is 4.57 Å². The van der Waals surface area contributed by atoms with Gasteiger partial charge < -0.3 is 4.57 Å². The molecule has 0 aliphatic rings. The van der Waals surface area contributed by atoms with Crippen molar-refractivity contribution in [1.29, 1.82) is 0 Å². The highest BCUT2D eigenvalue weighted by Gasteiger charge is 2.29. The smallest absolute Gasteiger partial charge is 0.171 e. The Hall–Kier alpha value is -1.53. The summed E-state index contributed by atoms with van der Waals surface area (Å²) >= 11 is 11.9. The first-order valence-corrected chi connectivity index (χ1v) is 9.25. The van der Waals surface area contributed by atoms with Crippen molar-refractivity contribution < 1.29 is 4.57 Å². The van der Waals surface area contributed by atoms with Crippen LogP contribution in [0.25, 0.3) is 0 Å². The Morgan fingerprint density at radius 3 is 1.32 bits per heavy atom. The highest BCUT2D eigenvalue weighted by atomic mass is 35.5. The van der Waals surface area contributed by atoms with Crippen LogP contribution in [0.5, 0.6) is 0 Å². The van der Waals surface area contributed by atoms with E-state index in [0.717, 1.165) is 15.9 Å². The average Bonchev–Trinajstić information content (AvgIpc) is 2.56. The average molecular weight is 347 g/mol. The van der Waals surface area contributed by atoms with Gasteiger partial charge in [-0.15, -0.1) is 0 Å². The predicted octanol–water partition coefficient (Wildman–Crippen LogP) is 4.63. The van der Waals surface area contributed by atoms with Crippen LogP contribution in [0.15, 0.2) is 78.9 Å². The third-order valence-corrected chi connectivity index (χ3v) is 7.08. The van der Waals surface area contributed by atoms with Gasteiger partial charge in [0.1, 0.15) is 0 Å². The molecule has 0 aliphatic heterocycles. The summed E-state index contributed by atoms with van der Waals surface area (Å²) in [7, 11) is -2.93. The van der Waals surface area contributed by atoms with Crippen LogP contribution in [-0.4, -0.2) is 0 Å². The summed E-state index contributed by atoms with van der Waals surface area (Å²) in [5.74, 6) is 0. The Morgan fingerprint density at radius 2 is 0.909 bits per heavy atom. The molecule has 3 rings (SSSR count). The molecule has 0 spiro atoms. The maximum atomic E-state index is 14.0. The first-order valence-electron chi connectivity index (χ1n) is 6.78. The SMILES string of the molecule is O=P(c1ccccc1)(c1ccc(Cl)cc1)c1ccc(Cl)cc1. The molecule has 0 unspecified atom stereocenters. The van der Waals surface area contributed by atoms with Crippen molar-refractivity contribution in [3.63, 3.8) is 0 Å². The quantitative estimate of drug-likeness (QED) is 0.631. The third-order valence-electron chi connectivity index (χ3n) is 3.50. The fraction of sp³-hybridized carbons (Fsp3) is 0. The molecule has 4 heteroatoms. The van der Waals surface area contributed by atoms with Crippen molar-refractivity contribution >= 4 is 46.3 Å². The lowest BCUT2D eigenvalue weighted by molar-refractivity contribution is 0.592. The minimum atomic E-state index is -2.93. The van der Waals surface area contributed by atoms with Gasteiger partial charge in [0.25, 0.3) is 0 Å². The van der Waals surface area contributed by atoms with Gasteiger partial charge in [-0.2, -0.15) is 0 Å². The normalized spacial score (nSPS) is 11.4. The van der Waals surface area contributed by atoms with Gasteiger partial charge in [0.15, 0.2) is 7.14 Å². The Labute approximate surface area is 139 Å². The van der Waals surface area contributed by atoms with E-state index in [1.54, 1.807) is 24.3 Å². The van der Waals surface area contributed by atoms with Gasteiger partial charge in [-0.3, -0.25) is 0 Å². The van der Waals surface area contributed by atoms with E-state index in [4.69, 9.17) is 23.2 Å². The molecule has 1 nitrogen and oxygen atoms in total. The summed E-state index contributed by atoms with van der Waals surface area (Å²) in [6.45, 7) is 0. The summed E-state index contributed by atoms with van der Waals surface area (Å²) in [4.78, 5) is 0. The second-order valence-corrected chi connectivity index (χ2v) is 8.54. The van der Waals surface area contributed by atoms with Crippen molar-refractivity contribution in [2.75, 3.05) is 0 Å². The molecule has 110 valence electrons. The number of rotatable bonds is 3. The van der Waals surface area contributed by atoms with E-state index in [1.807, 2.05) is 54.6 Å². The Bertz CT molecular complexity index is 762. The van der Waals surface area contributed by atoms with E-state index in [9.17, 15) is 4.57 Å². The Kier molecular flexibility index (Phi) is 4.40. The Balaban J connectivity index is 2.25. The van der Waals surface area contributed by atoms with Crippen LogP contribution >= 0.6 is 30.3 Å². The van der Waals surface area contributed by atoms with E-state index < -0.39 is 7.14 Å². The molecule has 0 heterocycles. The third kappa shape index (κ3) is 2.85. The fourth-order valence-electron chi connectivity index (χ4n) is 2.39. The lowest BCUT2D eigenvalue weighted by Gasteiger charge is -2.20. The molecule has 0 aliphatic carbocycles. The minimum Gasteiger partial charge on any atom is -0.309 e. The van der Waals surface area contributed by atoms with Crippen LogP contribution in [0.4, 0.5) is 0 Å². The number of hydrogen-bond acceptors (Lipinski definition) is 1. The van der Waals surface area contributed by atoms with Crippen LogP contribution in [0.3, 0.4) is 0 Å². The first-order chi connectivity index (χ1) is 10.6. The second-order valence-electron chi connectivity index (χ2n) is 4.90. The van der Waals surface area contributed by atoms with Gasteiger partial charge in [0.05, 0.1) is 0 Å². The Morgan fingerprint density at radius 1 is 0.545 bits per heavy atom. The zero-order valence-electron chi connectivity index (χ0n) is 11.6. The molecule has 0 saturated heterocycles.